The van der Waals surface area contributed by atoms with E-state index in [1.165, 1.54) is 0 Å². The molecule has 2 aromatic carbocycles. The Morgan fingerprint density at radius 3 is 1.82 bits per heavy atom. The number of guanidine groups is 1. The monoisotopic (exact) mass is 798 g/mol. The number of likely N-dealkylation sites (tertiary alicyclic amines) is 1. The lowest BCUT2D eigenvalue weighted by Crippen LogP contribution is -2.64. The first-order chi connectivity index (χ1) is 26.1. The highest BCUT2D eigenvalue weighted by atomic mass is 28.4. The van der Waals surface area contributed by atoms with Gasteiger partial charge in [-0.05, 0) is 75.7 Å². The maximum Gasteiger partial charge on any atom is 0.437 e. The van der Waals surface area contributed by atoms with E-state index >= 15 is 0 Å². The average molecular weight is 799 g/mol. The van der Waals surface area contributed by atoms with Crippen molar-refractivity contribution in [2.75, 3.05) is 13.2 Å². The third-order valence-corrected chi connectivity index (χ3v) is 15.7. The molecule has 56 heavy (non-hydrogen) atoms. The predicted octanol–water partition coefficient (Wildman–Crippen LogP) is 8.31. The number of hydrogen-bond acceptors (Lipinski definition) is 9. The molecule has 0 saturated carbocycles. The Hall–Kier alpha value is -3.98. The number of carbonyl (C=O) groups excluding carboxylic acids is 3. The SMILES string of the molecule is CC(C)[Si](O[C@@H]1CCN(C(=NC(=O)OC(C)(C)C)NC(=O)OC(C)(C)C)[C@H]1[C@@H](NC(=O)OCc1ccccc1)[C@@H](O)COCc1ccccc1)(C(C)C)C(C)C. The van der Waals surface area contributed by atoms with Gasteiger partial charge in [-0.25, -0.2) is 14.4 Å². The largest absolute Gasteiger partial charge is 0.445 e. The highest BCUT2D eigenvalue weighted by Crippen LogP contribution is 2.45. The van der Waals surface area contributed by atoms with Crippen molar-refractivity contribution in [2.45, 2.75) is 155 Å². The van der Waals surface area contributed by atoms with Crippen LogP contribution in [-0.2, 0) is 36.6 Å². The molecule has 1 aliphatic rings. The third-order valence-electron chi connectivity index (χ3n) is 9.61. The minimum Gasteiger partial charge on any atom is -0.445 e. The van der Waals surface area contributed by atoms with E-state index < -0.39 is 62.1 Å². The summed E-state index contributed by atoms with van der Waals surface area (Å²) in [5.41, 5.74) is 0.543. The van der Waals surface area contributed by atoms with Gasteiger partial charge in [0.1, 0.15) is 17.8 Å². The number of nitrogens with zero attached hydrogens (tertiary/aromatic N) is 2. The molecule has 0 unspecified atom stereocenters. The van der Waals surface area contributed by atoms with Gasteiger partial charge in [0, 0.05) is 6.54 Å². The van der Waals surface area contributed by atoms with Crippen molar-refractivity contribution >= 4 is 32.6 Å². The van der Waals surface area contributed by atoms with Crippen LogP contribution in [0.2, 0.25) is 16.6 Å². The Kier molecular flexibility index (Phi) is 16.9. The molecule has 3 rings (SSSR count). The van der Waals surface area contributed by atoms with E-state index in [1.54, 1.807) is 46.4 Å². The summed E-state index contributed by atoms with van der Waals surface area (Å²) in [5, 5.41) is 17.7. The molecule has 3 amide bonds. The van der Waals surface area contributed by atoms with Crippen LogP contribution in [-0.4, -0.2) is 91.2 Å². The Balaban J connectivity index is 2.17. The van der Waals surface area contributed by atoms with Gasteiger partial charge in [0.15, 0.2) is 0 Å². The fourth-order valence-electron chi connectivity index (χ4n) is 7.47. The maximum atomic E-state index is 13.7. The lowest BCUT2D eigenvalue weighted by atomic mass is 9.98. The van der Waals surface area contributed by atoms with Crippen molar-refractivity contribution < 1.29 is 42.9 Å². The van der Waals surface area contributed by atoms with Gasteiger partial charge in [0.05, 0.1) is 37.5 Å². The van der Waals surface area contributed by atoms with Crippen LogP contribution in [0.4, 0.5) is 14.4 Å². The normalized spacial score (nSPS) is 17.9. The van der Waals surface area contributed by atoms with Gasteiger partial charge in [0.2, 0.25) is 14.3 Å². The highest BCUT2D eigenvalue weighted by Gasteiger charge is 2.53. The quantitative estimate of drug-likeness (QED) is 0.0735. The molecular formula is C42H66N4O9Si. The van der Waals surface area contributed by atoms with Crippen molar-refractivity contribution in [1.29, 1.82) is 0 Å². The Labute approximate surface area is 335 Å². The summed E-state index contributed by atoms with van der Waals surface area (Å²) in [7, 11) is -2.60. The standard InChI is InChI=1S/C42H66N4O9Si/c1-28(2)56(29(3)4,30(5)6)55-34-23-24-46(37(44-39(49)53-41(7,8)9)45-40(50)54-42(10,11)12)36(34)35(33(47)27-51-25-31-19-15-13-16-20-31)43-38(48)52-26-32-21-17-14-18-22-32/h13-22,28-30,33-36,47H,23-27H2,1-12H3,(H,43,48)(H,44,45,49,50)/t33-,34+,35-,36+/m0/s1. The minimum absolute atomic E-state index is 0.00999. The van der Waals surface area contributed by atoms with Crippen molar-refractivity contribution in [3.05, 3.63) is 71.8 Å². The number of ether oxygens (including phenoxy) is 4. The predicted molar refractivity (Wildman–Crippen MR) is 220 cm³/mol. The molecule has 1 fully saturated rings. The van der Waals surface area contributed by atoms with E-state index in [0.717, 1.165) is 11.1 Å². The van der Waals surface area contributed by atoms with Crippen molar-refractivity contribution in [3.63, 3.8) is 0 Å². The number of aliphatic hydroxyl groups excluding tert-OH is 1. The Morgan fingerprint density at radius 2 is 1.32 bits per heavy atom. The average Bonchev–Trinajstić information content (AvgIpc) is 3.50. The Morgan fingerprint density at radius 1 is 0.804 bits per heavy atom. The van der Waals surface area contributed by atoms with Gasteiger partial charge in [-0.2, -0.15) is 0 Å². The molecule has 0 spiro atoms. The molecule has 14 heteroatoms. The lowest BCUT2D eigenvalue weighted by molar-refractivity contribution is -0.0154. The summed E-state index contributed by atoms with van der Waals surface area (Å²) >= 11 is 0. The smallest absolute Gasteiger partial charge is 0.437 e. The molecule has 0 aromatic heterocycles. The Bertz CT molecular complexity index is 1550. The summed E-state index contributed by atoms with van der Waals surface area (Å²) in [6.07, 6.45) is -4.06. The van der Waals surface area contributed by atoms with Gasteiger partial charge >= 0.3 is 18.3 Å². The second-order valence-electron chi connectivity index (χ2n) is 17.3. The van der Waals surface area contributed by atoms with Crippen LogP contribution in [0.25, 0.3) is 0 Å². The summed E-state index contributed by atoms with van der Waals surface area (Å²) < 4.78 is 30.3. The zero-order valence-corrected chi connectivity index (χ0v) is 36.5. The minimum atomic E-state index is -2.60. The maximum absolute atomic E-state index is 13.7. The number of aliphatic hydroxyl groups is 1. The molecule has 0 radical (unpaired) electrons. The van der Waals surface area contributed by atoms with Crippen molar-refractivity contribution in [2.24, 2.45) is 4.99 Å². The van der Waals surface area contributed by atoms with Crippen LogP contribution in [0.3, 0.4) is 0 Å². The van der Waals surface area contributed by atoms with Crippen molar-refractivity contribution in [1.82, 2.24) is 15.5 Å². The van der Waals surface area contributed by atoms with E-state index in [0.29, 0.717) is 6.42 Å². The number of amides is 3. The first kappa shape index (κ1) is 46.4. The van der Waals surface area contributed by atoms with Crippen LogP contribution < -0.4 is 10.6 Å². The number of carbonyl (C=O) groups is 3. The van der Waals surface area contributed by atoms with E-state index in [9.17, 15) is 19.5 Å². The summed E-state index contributed by atoms with van der Waals surface area (Å²) in [6, 6.07) is 16.8. The first-order valence-corrected chi connectivity index (χ1v) is 21.8. The number of benzene rings is 2. The molecule has 312 valence electrons. The first-order valence-electron chi connectivity index (χ1n) is 19.7. The molecule has 2 aromatic rings. The second kappa shape index (κ2) is 20.4. The topological polar surface area (TPSA) is 157 Å². The van der Waals surface area contributed by atoms with E-state index in [4.69, 9.17) is 23.4 Å². The highest BCUT2D eigenvalue weighted by molar-refractivity contribution is 6.77. The van der Waals surface area contributed by atoms with Gasteiger partial charge in [-0.15, -0.1) is 4.99 Å². The summed E-state index contributed by atoms with van der Waals surface area (Å²) in [4.78, 5) is 46.4. The van der Waals surface area contributed by atoms with E-state index in [1.807, 2.05) is 60.7 Å². The van der Waals surface area contributed by atoms with Gasteiger partial charge in [0.25, 0.3) is 0 Å². The molecule has 1 saturated heterocycles. The van der Waals surface area contributed by atoms with Crippen LogP contribution in [0, 0.1) is 0 Å². The number of alkyl carbamates (subject to hydrolysis) is 2. The molecule has 1 heterocycles. The van der Waals surface area contributed by atoms with Gasteiger partial charge in [-0.3, -0.25) is 5.32 Å². The number of nitrogens with one attached hydrogen (secondary N) is 2. The van der Waals surface area contributed by atoms with E-state index in [-0.39, 0.29) is 48.9 Å². The fourth-order valence-corrected chi connectivity index (χ4v) is 13.1. The molecular weight excluding hydrogens is 733 g/mol. The number of aliphatic imine (C=N–C) groups is 1. The molecule has 1 aliphatic heterocycles. The third kappa shape index (κ3) is 13.9. The molecule has 0 bridgehead atoms. The summed E-state index contributed by atoms with van der Waals surface area (Å²) in [5.74, 6) is -0.169. The zero-order chi connectivity index (χ0) is 41.8. The van der Waals surface area contributed by atoms with Gasteiger partial charge in [-0.1, -0.05) is 102 Å². The summed E-state index contributed by atoms with van der Waals surface area (Å²) in [6.45, 7) is 23.6. The fraction of sp³-hybridized carbons (Fsp3) is 0.619. The van der Waals surface area contributed by atoms with Crippen molar-refractivity contribution in [3.8, 4) is 0 Å². The van der Waals surface area contributed by atoms with Crippen LogP contribution >= 0.6 is 0 Å². The van der Waals surface area contributed by atoms with Crippen LogP contribution in [0.5, 0.6) is 0 Å². The zero-order valence-electron chi connectivity index (χ0n) is 35.5. The molecule has 3 N–H and O–H groups in total. The number of rotatable bonds is 14. The van der Waals surface area contributed by atoms with Gasteiger partial charge < -0.3 is 38.7 Å². The van der Waals surface area contributed by atoms with Crippen LogP contribution in [0.15, 0.2) is 65.7 Å². The lowest BCUT2D eigenvalue weighted by Gasteiger charge is -2.47. The second-order valence-corrected chi connectivity index (χ2v) is 22.7. The van der Waals surface area contributed by atoms with Crippen LogP contribution in [0.1, 0.15) is 101 Å². The molecule has 4 atom stereocenters. The number of hydrogen-bond donors (Lipinski definition) is 3. The molecule has 0 aliphatic carbocycles. The molecule has 13 nitrogen and oxygen atoms in total. The van der Waals surface area contributed by atoms with E-state index in [2.05, 4.69) is 57.2 Å².